The lowest BCUT2D eigenvalue weighted by Gasteiger charge is -2.07. The van der Waals surface area contributed by atoms with Crippen molar-refractivity contribution in [2.75, 3.05) is 11.9 Å². The van der Waals surface area contributed by atoms with Crippen LogP contribution in [0.4, 0.5) is 5.82 Å². The third-order valence-electron chi connectivity index (χ3n) is 2.32. The number of nitrogens with one attached hydrogen (secondary N) is 1. The second-order valence-corrected chi connectivity index (χ2v) is 4.87. The normalized spacial score (nSPS) is 10.0. The fraction of sp³-hybridized carbons (Fsp3) is 0.143. The molecule has 0 atom stereocenters. The fourth-order valence-corrected chi connectivity index (χ4v) is 1.88. The van der Waals surface area contributed by atoms with Gasteiger partial charge >= 0.3 is 0 Å². The molecule has 0 unspecified atom stereocenters. The van der Waals surface area contributed by atoms with Gasteiger partial charge in [-0.15, -0.1) is 0 Å². The molecule has 2 aromatic rings. The van der Waals surface area contributed by atoms with Crippen LogP contribution in [0.3, 0.4) is 0 Å². The summed E-state index contributed by atoms with van der Waals surface area (Å²) in [5.41, 5.74) is 0.853. The fourth-order valence-electron chi connectivity index (χ4n) is 1.50. The maximum atomic E-state index is 11.7. The maximum Gasteiger partial charge on any atom is 0.263 e. The van der Waals surface area contributed by atoms with Crippen molar-refractivity contribution in [3.63, 3.8) is 0 Å². The van der Waals surface area contributed by atoms with Gasteiger partial charge in [-0.2, -0.15) is 0 Å². The van der Waals surface area contributed by atoms with Crippen LogP contribution in [0.25, 0.3) is 0 Å². The number of amides is 1. The molecule has 0 radical (unpaired) electrons. The van der Waals surface area contributed by atoms with Crippen molar-refractivity contribution >= 4 is 27.7 Å². The van der Waals surface area contributed by atoms with Crippen LogP contribution in [0.15, 0.2) is 46.9 Å². The van der Waals surface area contributed by atoms with E-state index in [2.05, 4.69) is 26.2 Å². The topological polar surface area (TPSA) is 51.2 Å². The summed E-state index contributed by atoms with van der Waals surface area (Å²) in [5, 5.41) is 2.68. The minimum Gasteiger partial charge on any atom is -0.484 e. The number of carbonyl (C=O) groups is 1. The molecule has 1 aromatic carbocycles. The van der Waals surface area contributed by atoms with Gasteiger partial charge in [0.2, 0.25) is 0 Å². The third kappa shape index (κ3) is 4.37. The number of benzene rings is 1. The largest absolute Gasteiger partial charge is 0.484 e. The Kier molecular flexibility index (Phi) is 4.52. The van der Waals surface area contributed by atoms with Gasteiger partial charge < -0.3 is 10.1 Å². The van der Waals surface area contributed by atoms with Crippen LogP contribution >= 0.6 is 15.9 Å². The Morgan fingerprint density at radius 2 is 2.11 bits per heavy atom. The van der Waals surface area contributed by atoms with Gasteiger partial charge in [-0.25, -0.2) is 4.98 Å². The summed E-state index contributed by atoms with van der Waals surface area (Å²) in [6.07, 6.45) is 0. The van der Waals surface area contributed by atoms with Gasteiger partial charge in [-0.1, -0.05) is 28.1 Å². The quantitative estimate of drug-likeness (QED) is 0.941. The summed E-state index contributed by atoms with van der Waals surface area (Å²) >= 11 is 3.34. The van der Waals surface area contributed by atoms with Crippen LogP contribution in [0.2, 0.25) is 0 Å². The summed E-state index contributed by atoms with van der Waals surface area (Å²) in [4.78, 5) is 15.9. The zero-order valence-electron chi connectivity index (χ0n) is 10.4. The molecule has 0 saturated heterocycles. The summed E-state index contributed by atoms with van der Waals surface area (Å²) < 4.78 is 6.29. The van der Waals surface area contributed by atoms with Crippen LogP contribution in [-0.4, -0.2) is 17.5 Å². The highest BCUT2D eigenvalue weighted by Gasteiger charge is 2.04. The molecule has 1 N–H and O–H groups in total. The lowest BCUT2D eigenvalue weighted by Crippen LogP contribution is -2.20. The Hall–Kier alpha value is -1.88. The van der Waals surface area contributed by atoms with Crippen molar-refractivity contribution in [1.82, 2.24) is 4.98 Å². The molecule has 0 fully saturated rings. The number of halogens is 1. The van der Waals surface area contributed by atoms with Crippen LogP contribution in [0, 0.1) is 6.92 Å². The summed E-state index contributed by atoms with van der Waals surface area (Å²) in [6, 6.07) is 12.8. The van der Waals surface area contributed by atoms with Gasteiger partial charge in [0.25, 0.3) is 5.91 Å². The SMILES string of the molecule is Cc1cccc(NC(=O)COc2cccc(Br)c2)n1. The monoisotopic (exact) mass is 320 g/mol. The van der Waals surface area contributed by atoms with Crippen LogP contribution in [0.1, 0.15) is 5.69 Å². The molecular weight excluding hydrogens is 308 g/mol. The van der Waals surface area contributed by atoms with Gasteiger partial charge in [0.05, 0.1) is 0 Å². The molecule has 98 valence electrons. The van der Waals surface area contributed by atoms with E-state index in [-0.39, 0.29) is 12.5 Å². The average molecular weight is 321 g/mol. The van der Waals surface area contributed by atoms with Crippen molar-refractivity contribution in [2.45, 2.75) is 6.92 Å². The molecule has 1 amide bonds. The molecule has 5 heteroatoms. The number of aromatic nitrogens is 1. The minimum atomic E-state index is -0.238. The van der Waals surface area contributed by atoms with Gasteiger partial charge in [0, 0.05) is 10.2 Å². The Morgan fingerprint density at radius 1 is 1.32 bits per heavy atom. The van der Waals surface area contributed by atoms with E-state index in [1.807, 2.05) is 31.2 Å². The lowest BCUT2D eigenvalue weighted by atomic mass is 10.3. The number of ether oxygens (including phenoxy) is 1. The van der Waals surface area contributed by atoms with Crippen molar-refractivity contribution in [2.24, 2.45) is 0 Å². The molecule has 4 nitrogen and oxygen atoms in total. The summed E-state index contributed by atoms with van der Waals surface area (Å²) in [6.45, 7) is 1.82. The number of hydrogen-bond donors (Lipinski definition) is 1. The van der Waals surface area contributed by atoms with Gasteiger partial charge in [-0.3, -0.25) is 4.79 Å². The van der Waals surface area contributed by atoms with E-state index >= 15 is 0 Å². The van der Waals surface area contributed by atoms with Crippen molar-refractivity contribution in [3.05, 3.63) is 52.6 Å². The number of rotatable bonds is 4. The zero-order chi connectivity index (χ0) is 13.7. The molecule has 0 bridgehead atoms. The first-order valence-corrected chi connectivity index (χ1v) is 6.55. The van der Waals surface area contributed by atoms with Crippen LogP contribution < -0.4 is 10.1 Å². The van der Waals surface area contributed by atoms with Crippen molar-refractivity contribution < 1.29 is 9.53 Å². The van der Waals surface area contributed by atoms with E-state index in [4.69, 9.17) is 4.74 Å². The first-order valence-electron chi connectivity index (χ1n) is 5.75. The first kappa shape index (κ1) is 13.5. The van der Waals surface area contributed by atoms with E-state index in [1.54, 1.807) is 18.2 Å². The van der Waals surface area contributed by atoms with E-state index in [0.717, 1.165) is 10.2 Å². The van der Waals surface area contributed by atoms with Gasteiger partial charge in [0.1, 0.15) is 11.6 Å². The highest BCUT2D eigenvalue weighted by Crippen LogP contribution is 2.17. The second kappa shape index (κ2) is 6.33. The van der Waals surface area contributed by atoms with E-state index < -0.39 is 0 Å². The minimum absolute atomic E-state index is 0.0495. The summed E-state index contributed by atoms with van der Waals surface area (Å²) in [5.74, 6) is 0.933. The number of pyridine rings is 1. The second-order valence-electron chi connectivity index (χ2n) is 3.96. The molecular formula is C14H13BrN2O2. The predicted octanol–water partition coefficient (Wildman–Crippen LogP) is 3.17. The highest BCUT2D eigenvalue weighted by atomic mass is 79.9. The molecule has 0 aliphatic rings. The maximum absolute atomic E-state index is 11.7. The number of aryl methyl sites for hydroxylation is 1. The molecule has 1 aromatic heterocycles. The number of carbonyl (C=O) groups excluding carboxylic acids is 1. The first-order chi connectivity index (χ1) is 9.13. The Labute approximate surface area is 119 Å². The highest BCUT2D eigenvalue weighted by molar-refractivity contribution is 9.10. The average Bonchev–Trinajstić information content (AvgIpc) is 2.36. The van der Waals surface area contributed by atoms with E-state index in [1.165, 1.54) is 0 Å². The summed E-state index contributed by atoms with van der Waals surface area (Å²) in [7, 11) is 0. The number of nitrogens with zero attached hydrogens (tertiary/aromatic N) is 1. The van der Waals surface area contributed by atoms with Crippen LogP contribution in [-0.2, 0) is 4.79 Å². The Bertz CT molecular complexity index is 587. The Balaban J connectivity index is 1.88. The number of anilines is 1. The standard InChI is InChI=1S/C14H13BrN2O2/c1-10-4-2-7-13(16-10)17-14(18)9-19-12-6-3-5-11(15)8-12/h2-8H,9H2,1H3,(H,16,17,18). The molecule has 0 aliphatic carbocycles. The van der Waals surface area contributed by atoms with Gasteiger partial charge in [-0.05, 0) is 37.3 Å². The molecule has 0 saturated carbocycles. The Morgan fingerprint density at radius 3 is 2.84 bits per heavy atom. The zero-order valence-corrected chi connectivity index (χ0v) is 12.0. The lowest BCUT2D eigenvalue weighted by molar-refractivity contribution is -0.118. The molecule has 0 aliphatic heterocycles. The molecule has 2 rings (SSSR count). The molecule has 19 heavy (non-hydrogen) atoms. The van der Waals surface area contributed by atoms with Crippen molar-refractivity contribution in [1.29, 1.82) is 0 Å². The molecule has 0 spiro atoms. The smallest absolute Gasteiger partial charge is 0.263 e. The predicted molar refractivity (Wildman–Crippen MR) is 77.2 cm³/mol. The van der Waals surface area contributed by atoms with E-state index in [0.29, 0.717) is 11.6 Å². The van der Waals surface area contributed by atoms with Crippen LogP contribution in [0.5, 0.6) is 5.75 Å². The van der Waals surface area contributed by atoms with Gasteiger partial charge in [0.15, 0.2) is 6.61 Å². The molecule has 1 heterocycles. The number of hydrogen-bond acceptors (Lipinski definition) is 3. The van der Waals surface area contributed by atoms with Crippen molar-refractivity contribution in [3.8, 4) is 5.75 Å². The third-order valence-corrected chi connectivity index (χ3v) is 2.82. The van der Waals surface area contributed by atoms with E-state index in [9.17, 15) is 4.79 Å².